The van der Waals surface area contributed by atoms with E-state index in [1.165, 1.54) is 6.07 Å². The highest BCUT2D eigenvalue weighted by Gasteiger charge is 2.06. The minimum absolute atomic E-state index is 0.351. The Bertz CT molecular complexity index is 596. The lowest BCUT2D eigenvalue weighted by Gasteiger charge is -2.09. The molecule has 88 valence electrons. The largest absolute Gasteiger partial charge is 0.489 e. The van der Waals surface area contributed by atoms with Gasteiger partial charge < -0.3 is 9.15 Å². The highest BCUT2D eigenvalue weighted by atomic mass is 16.5. The molecule has 0 saturated carbocycles. The molecular weight excluding hydrogens is 216 g/mol. The number of aryl methyl sites for hydroxylation is 1. The Kier molecular flexibility index (Phi) is 3.28. The summed E-state index contributed by atoms with van der Waals surface area (Å²) in [6.07, 6.45) is 2.55. The fourth-order valence-corrected chi connectivity index (χ4v) is 1.70. The number of hydrogen-bond acceptors (Lipinski definition) is 3. The predicted molar refractivity (Wildman–Crippen MR) is 67.6 cm³/mol. The van der Waals surface area contributed by atoms with Gasteiger partial charge in [-0.25, -0.2) is 4.79 Å². The molecule has 0 N–H and O–H groups in total. The van der Waals surface area contributed by atoms with Gasteiger partial charge in [-0.3, -0.25) is 0 Å². The maximum atomic E-state index is 11.1. The predicted octanol–water partition coefficient (Wildman–Crippen LogP) is 2.92. The van der Waals surface area contributed by atoms with Crippen LogP contribution in [0.15, 0.2) is 46.1 Å². The number of rotatable bonds is 4. The SMILES string of the molecule is C=CCOc1cc2oc(=O)ccc2cc1CC. The zero-order valence-electron chi connectivity index (χ0n) is 9.73. The molecule has 0 fully saturated rings. The van der Waals surface area contributed by atoms with Crippen molar-refractivity contribution in [2.75, 3.05) is 6.61 Å². The molecule has 2 aromatic rings. The topological polar surface area (TPSA) is 39.4 Å². The molecule has 17 heavy (non-hydrogen) atoms. The molecule has 0 aliphatic rings. The van der Waals surface area contributed by atoms with E-state index < -0.39 is 0 Å². The molecule has 0 bridgehead atoms. The first-order chi connectivity index (χ1) is 8.24. The van der Waals surface area contributed by atoms with Crippen molar-refractivity contribution in [1.29, 1.82) is 0 Å². The monoisotopic (exact) mass is 230 g/mol. The molecule has 3 heteroatoms. The van der Waals surface area contributed by atoms with Crippen molar-refractivity contribution >= 4 is 11.0 Å². The summed E-state index contributed by atoms with van der Waals surface area (Å²) in [7, 11) is 0. The molecule has 0 radical (unpaired) electrons. The van der Waals surface area contributed by atoms with Crippen LogP contribution < -0.4 is 10.4 Å². The van der Waals surface area contributed by atoms with Gasteiger partial charge in [0.05, 0.1) is 0 Å². The van der Waals surface area contributed by atoms with E-state index in [4.69, 9.17) is 9.15 Å². The molecule has 2 rings (SSSR count). The number of fused-ring (bicyclic) bond motifs is 1. The lowest BCUT2D eigenvalue weighted by Crippen LogP contribution is -1.99. The van der Waals surface area contributed by atoms with Crippen molar-refractivity contribution in [3.63, 3.8) is 0 Å². The summed E-state index contributed by atoms with van der Waals surface area (Å²) in [5.74, 6) is 0.745. The van der Waals surface area contributed by atoms with Crippen molar-refractivity contribution in [2.45, 2.75) is 13.3 Å². The minimum Gasteiger partial charge on any atom is -0.489 e. The maximum Gasteiger partial charge on any atom is 0.336 e. The standard InChI is InChI=1S/C14H14O3/c1-3-7-16-12-9-13-11(8-10(12)4-2)5-6-14(15)17-13/h3,5-6,8-9H,1,4,7H2,2H3. The zero-order chi connectivity index (χ0) is 12.3. The molecule has 0 aliphatic carbocycles. The smallest absolute Gasteiger partial charge is 0.336 e. The highest BCUT2D eigenvalue weighted by molar-refractivity contribution is 5.79. The molecule has 0 spiro atoms. The molecule has 3 nitrogen and oxygen atoms in total. The van der Waals surface area contributed by atoms with Crippen LogP contribution in [0.3, 0.4) is 0 Å². The van der Waals surface area contributed by atoms with Gasteiger partial charge >= 0.3 is 5.63 Å². The fourth-order valence-electron chi connectivity index (χ4n) is 1.70. The van der Waals surface area contributed by atoms with Crippen molar-refractivity contribution < 1.29 is 9.15 Å². The lowest BCUT2D eigenvalue weighted by molar-refractivity contribution is 0.359. The van der Waals surface area contributed by atoms with Crippen molar-refractivity contribution in [2.24, 2.45) is 0 Å². The maximum absolute atomic E-state index is 11.1. The molecule has 0 saturated heterocycles. The Balaban J connectivity index is 2.56. The van der Waals surface area contributed by atoms with Crippen LogP contribution in [-0.2, 0) is 6.42 Å². The summed E-state index contributed by atoms with van der Waals surface area (Å²) >= 11 is 0. The van der Waals surface area contributed by atoms with Gasteiger partial charge in [-0.2, -0.15) is 0 Å². The second kappa shape index (κ2) is 4.87. The molecule has 1 heterocycles. The van der Waals surface area contributed by atoms with Crippen LogP contribution in [0.5, 0.6) is 5.75 Å². The van der Waals surface area contributed by atoms with Crippen LogP contribution in [0.1, 0.15) is 12.5 Å². The zero-order valence-corrected chi connectivity index (χ0v) is 9.73. The molecule has 1 aromatic carbocycles. The normalized spacial score (nSPS) is 10.4. The summed E-state index contributed by atoms with van der Waals surface area (Å²) in [6, 6.07) is 6.93. The van der Waals surface area contributed by atoms with E-state index >= 15 is 0 Å². The van der Waals surface area contributed by atoms with Crippen LogP contribution in [0.25, 0.3) is 11.0 Å². The van der Waals surface area contributed by atoms with Gasteiger partial charge in [0.15, 0.2) is 0 Å². The lowest BCUT2D eigenvalue weighted by atomic mass is 10.1. The second-order valence-corrected chi connectivity index (χ2v) is 3.71. The molecule has 0 amide bonds. The molecule has 0 atom stereocenters. The van der Waals surface area contributed by atoms with Crippen molar-refractivity contribution in [3.8, 4) is 5.75 Å². The first-order valence-corrected chi connectivity index (χ1v) is 5.55. The average molecular weight is 230 g/mol. The Morgan fingerprint density at radius 3 is 2.94 bits per heavy atom. The Labute approximate surface area is 99.3 Å². The third-order valence-electron chi connectivity index (χ3n) is 2.54. The first-order valence-electron chi connectivity index (χ1n) is 5.55. The summed E-state index contributed by atoms with van der Waals surface area (Å²) < 4.78 is 10.7. The summed E-state index contributed by atoms with van der Waals surface area (Å²) in [5.41, 5.74) is 1.29. The van der Waals surface area contributed by atoms with E-state index in [9.17, 15) is 4.79 Å². The van der Waals surface area contributed by atoms with Crippen molar-refractivity contribution in [3.05, 3.63) is 52.9 Å². The summed E-state index contributed by atoms with van der Waals surface area (Å²) in [4.78, 5) is 11.1. The van der Waals surface area contributed by atoms with E-state index in [1.54, 1.807) is 18.2 Å². The van der Waals surface area contributed by atoms with Gasteiger partial charge in [0.1, 0.15) is 17.9 Å². The minimum atomic E-state index is -0.351. The summed E-state index contributed by atoms with van der Waals surface area (Å²) in [5, 5.41) is 0.910. The summed E-state index contributed by atoms with van der Waals surface area (Å²) in [6.45, 7) is 6.11. The van der Waals surface area contributed by atoms with Gasteiger partial charge in [0, 0.05) is 17.5 Å². The Morgan fingerprint density at radius 1 is 1.41 bits per heavy atom. The van der Waals surface area contributed by atoms with E-state index in [-0.39, 0.29) is 5.63 Å². The molecular formula is C14H14O3. The van der Waals surface area contributed by atoms with Gasteiger partial charge in [0.25, 0.3) is 0 Å². The second-order valence-electron chi connectivity index (χ2n) is 3.71. The quantitative estimate of drug-likeness (QED) is 0.599. The van der Waals surface area contributed by atoms with Gasteiger partial charge in [-0.05, 0) is 24.1 Å². The molecule has 1 aromatic heterocycles. The van der Waals surface area contributed by atoms with Crippen LogP contribution in [0, 0.1) is 0 Å². The van der Waals surface area contributed by atoms with Crippen molar-refractivity contribution in [1.82, 2.24) is 0 Å². The van der Waals surface area contributed by atoms with E-state index in [2.05, 4.69) is 13.5 Å². The average Bonchev–Trinajstić information content (AvgIpc) is 2.35. The third-order valence-corrected chi connectivity index (χ3v) is 2.54. The number of hydrogen-bond donors (Lipinski definition) is 0. The van der Waals surface area contributed by atoms with E-state index in [0.29, 0.717) is 12.2 Å². The first kappa shape index (κ1) is 11.5. The van der Waals surface area contributed by atoms with Crippen LogP contribution in [0.4, 0.5) is 0 Å². The fraction of sp³-hybridized carbons (Fsp3) is 0.214. The van der Waals surface area contributed by atoms with Gasteiger partial charge in [-0.1, -0.05) is 19.6 Å². The Hall–Kier alpha value is -2.03. The highest BCUT2D eigenvalue weighted by Crippen LogP contribution is 2.25. The van der Waals surface area contributed by atoms with E-state index in [1.807, 2.05) is 6.07 Å². The van der Waals surface area contributed by atoms with Crippen LogP contribution >= 0.6 is 0 Å². The van der Waals surface area contributed by atoms with Gasteiger partial charge in [-0.15, -0.1) is 0 Å². The van der Waals surface area contributed by atoms with Crippen LogP contribution in [-0.4, -0.2) is 6.61 Å². The molecule has 0 unspecified atom stereocenters. The number of benzene rings is 1. The van der Waals surface area contributed by atoms with Gasteiger partial charge in [0.2, 0.25) is 0 Å². The van der Waals surface area contributed by atoms with Crippen LogP contribution in [0.2, 0.25) is 0 Å². The Morgan fingerprint density at radius 2 is 2.24 bits per heavy atom. The number of ether oxygens (including phenoxy) is 1. The molecule has 0 aliphatic heterocycles. The third kappa shape index (κ3) is 2.38. The van der Waals surface area contributed by atoms with E-state index in [0.717, 1.165) is 23.1 Å².